The van der Waals surface area contributed by atoms with Gasteiger partial charge >= 0.3 is 7.69 Å². The van der Waals surface area contributed by atoms with Crippen LogP contribution in [-0.2, 0) is 6.61 Å². The van der Waals surface area contributed by atoms with Crippen LogP contribution in [0.1, 0.15) is 37.3 Å². The van der Waals surface area contributed by atoms with Crippen LogP contribution < -0.4 is 15.0 Å². The largest absolute Gasteiger partial charge is 0.539 e. The lowest BCUT2D eigenvalue weighted by Crippen LogP contribution is -2.16. The zero-order chi connectivity index (χ0) is 17.9. The first-order chi connectivity index (χ1) is 12.7. The Balaban J connectivity index is 1.52. The highest BCUT2D eigenvalue weighted by Gasteiger charge is 2.21. The molecule has 2 aromatic carbocycles. The van der Waals surface area contributed by atoms with Crippen LogP contribution in [0.2, 0.25) is 0 Å². The maximum atomic E-state index is 12.6. The predicted molar refractivity (Wildman–Crippen MR) is 104 cm³/mol. The summed E-state index contributed by atoms with van der Waals surface area (Å²) in [5.74, 6) is 1.35. The average molecular weight is 369 g/mol. The lowest BCUT2D eigenvalue weighted by Gasteiger charge is -2.08. The molecule has 0 saturated heterocycles. The van der Waals surface area contributed by atoms with Gasteiger partial charge in [0.2, 0.25) is 0 Å². The quantitative estimate of drug-likeness (QED) is 0.677. The SMILES string of the molecule is O=c1c2ccc(OCc3cccc(OBO)c3)cc2sn1C1CCCC1. The molecule has 5 nitrogen and oxygen atoms in total. The Hall–Kier alpha value is -2.25. The molecule has 7 heteroatoms. The van der Waals surface area contributed by atoms with Gasteiger partial charge in [-0.3, -0.25) is 8.75 Å². The number of hydrogen-bond donors (Lipinski definition) is 1. The van der Waals surface area contributed by atoms with Gasteiger partial charge in [0.25, 0.3) is 5.56 Å². The van der Waals surface area contributed by atoms with Gasteiger partial charge < -0.3 is 14.4 Å². The molecule has 0 atom stereocenters. The molecule has 3 aromatic rings. The van der Waals surface area contributed by atoms with Gasteiger partial charge in [-0.15, -0.1) is 0 Å². The molecule has 0 amide bonds. The summed E-state index contributed by atoms with van der Waals surface area (Å²) in [5.41, 5.74) is 1.07. The first kappa shape index (κ1) is 17.2. The van der Waals surface area contributed by atoms with Gasteiger partial charge in [0, 0.05) is 6.04 Å². The van der Waals surface area contributed by atoms with E-state index in [1.54, 1.807) is 17.6 Å². The number of hydrogen-bond acceptors (Lipinski definition) is 5. The average Bonchev–Trinajstić information content (AvgIpc) is 3.29. The van der Waals surface area contributed by atoms with Crippen molar-refractivity contribution in [3.63, 3.8) is 0 Å². The minimum absolute atomic E-state index is 0.123. The fourth-order valence-corrected chi connectivity index (χ4v) is 4.63. The Labute approximate surface area is 156 Å². The van der Waals surface area contributed by atoms with Crippen molar-refractivity contribution in [2.45, 2.75) is 38.3 Å². The Morgan fingerprint density at radius 3 is 2.81 bits per heavy atom. The van der Waals surface area contributed by atoms with Gasteiger partial charge in [-0.1, -0.05) is 36.5 Å². The fraction of sp³-hybridized carbons (Fsp3) is 0.316. The molecule has 0 spiro atoms. The number of benzene rings is 2. The molecule has 4 rings (SSSR count). The van der Waals surface area contributed by atoms with Gasteiger partial charge in [0.15, 0.2) is 0 Å². The highest BCUT2D eigenvalue weighted by atomic mass is 32.1. The van der Waals surface area contributed by atoms with E-state index in [0.717, 1.165) is 34.2 Å². The van der Waals surface area contributed by atoms with Crippen molar-refractivity contribution < 1.29 is 14.4 Å². The second-order valence-corrected chi connectivity index (χ2v) is 7.54. The van der Waals surface area contributed by atoms with Gasteiger partial charge in [-0.25, -0.2) is 0 Å². The summed E-state index contributed by atoms with van der Waals surface area (Å²) < 4.78 is 13.9. The summed E-state index contributed by atoms with van der Waals surface area (Å²) in [4.78, 5) is 12.6. The molecule has 1 aromatic heterocycles. The Morgan fingerprint density at radius 1 is 1.15 bits per heavy atom. The van der Waals surface area contributed by atoms with Crippen molar-refractivity contribution in [1.29, 1.82) is 0 Å². The summed E-state index contributed by atoms with van der Waals surface area (Å²) in [5, 5.41) is 9.61. The molecule has 1 fully saturated rings. The van der Waals surface area contributed by atoms with Crippen molar-refractivity contribution in [1.82, 2.24) is 3.96 Å². The molecule has 0 aliphatic heterocycles. The Morgan fingerprint density at radius 2 is 2.00 bits per heavy atom. The number of rotatable bonds is 6. The minimum atomic E-state index is -0.349. The summed E-state index contributed by atoms with van der Waals surface area (Å²) in [6.07, 6.45) is 4.61. The van der Waals surface area contributed by atoms with E-state index in [2.05, 4.69) is 0 Å². The lowest BCUT2D eigenvalue weighted by atomic mass is 10.2. The highest BCUT2D eigenvalue weighted by Crippen LogP contribution is 2.33. The second kappa shape index (κ2) is 7.56. The van der Waals surface area contributed by atoms with Crippen LogP contribution in [0.15, 0.2) is 47.3 Å². The van der Waals surface area contributed by atoms with Crippen LogP contribution in [0.5, 0.6) is 11.5 Å². The molecular formula is C19H20BNO4S. The molecular weight excluding hydrogens is 349 g/mol. The lowest BCUT2D eigenvalue weighted by molar-refractivity contribution is 0.306. The predicted octanol–water partition coefficient (Wildman–Crippen LogP) is 3.39. The first-order valence-corrected chi connectivity index (χ1v) is 9.63. The summed E-state index contributed by atoms with van der Waals surface area (Å²) in [6, 6.07) is 13.4. The number of fused-ring (bicyclic) bond motifs is 1. The number of nitrogens with zero attached hydrogens (tertiary/aromatic N) is 1. The normalized spacial score (nSPS) is 14.7. The van der Waals surface area contributed by atoms with E-state index in [4.69, 9.17) is 14.4 Å². The third kappa shape index (κ3) is 3.50. The topological polar surface area (TPSA) is 60.7 Å². The van der Waals surface area contributed by atoms with Crippen LogP contribution in [0.3, 0.4) is 0 Å². The molecule has 1 saturated carbocycles. The zero-order valence-corrected chi connectivity index (χ0v) is 15.2. The van der Waals surface area contributed by atoms with E-state index in [1.165, 1.54) is 12.8 Å². The molecule has 0 bridgehead atoms. The van der Waals surface area contributed by atoms with E-state index < -0.39 is 0 Å². The smallest absolute Gasteiger partial charge is 0.504 e. The maximum absolute atomic E-state index is 12.6. The third-order valence-electron chi connectivity index (χ3n) is 4.77. The van der Waals surface area contributed by atoms with E-state index in [-0.39, 0.29) is 13.2 Å². The molecule has 0 unspecified atom stereocenters. The van der Waals surface area contributed by atoms with Gasteiger partial charge in [0.05, 0.1) is 10.1 Å². The van der Waals surface area contributed by atoms with Crippen LogP contribution in [0.25, 0.3) is 10.1 Å². The van der Waals surface area contributed by atoms with E-state index in [1.807, 2.05) is 40.4 Å². The second-order valence-electron chi connectivity index (χ2n) is 6.53. The maximum Gasteiger partial charge on any atom is 0.504 e. The zero-order valence-electron chi connectivity index (χ0n) is 14.4. The van der Waals surface area contributed by atoms with E-state index in [9.17, 15) is 4.79 Å². The standard InChI is InChI=1S/C19H20BNO4S/c22-19-17-9-8-15(11-18(17)26-21(19)14-5-1-2-6-14)24-12-13-4-3-7-16(10-13)25-20-23/h3-4,7-11,14,20,23H,1-2,5-6,12H2. The first-order valence-electron chi connectivity index (χ1n) is 8.85. The fourth-order valence-electron chi connectivity index (χ4n) is 3.46. The van der Waals surface area contributed by atoms with Crippen LogP contribution in [0.4, 0.5) is 0 Å². The van der Waals surface area contributed by atoms with Gasteiger partial charge in [0.1, 0.15) is 18.1 Å². The molecule has 1 N–H and O–H groups in total. The van der Waals surface area contributed by atoms with Crippen molar-refractivity contribution in [3.8, 4) is 11.5 Å². The highest BCUT2D eigenvalue weighted by molar-refractivity contribution is 7.13. The number of ether oxygens (including phenoxy) is 1. The summed E-state index contributed by atoms with van der Waals surface area (Å²) in [6.45, 7) is 0.395. The van der Waals surface area contributed by atoms with Crippen LogP contribution in [0, 0.1) is 0 Å². The molecule has 1 aliphatic rings. The monoisotopic (exact) mass is 369 g/mol. The van der Waals surface area contributed by atoms with Crippen molar-refractivity contribution in [3.05, 3.63) is 58.4 Å². The third-order valence-corrected chi connectivity index (χ3v) is 5.97. The minimum Gasteiger partial charge on any atom is -0.539 e. The van der Waals surface area contributed by atoms with Crippen LogP contribution >= 0.6 is 11.5 Å². The molecule has 1 aliphatic carbocycles. The van der Waals surface area contributed by atoms with Gasteiger partial charge in [-0.2, -0.15) is 0 Å². The van der Waals surface area contributed by atoms with E-state index in [0.29, 0.717) is 18.4 Å². The molecule has 26 heavy (non-hydrogen) atoms. The summed E-state index contributed by atoms with van der Waals surface area (Å²) >= 11 is 1.54. The van der Waals surface area contributed by atoms with Crippen molar-refractivity contribution in [2.24, 2.45) is 0 Å². The van der Waals surface area contributed by atoms with E-state index >= 15 is 0 Å². The Kier molecular flexibility index (Phi) is 4.99. The van der Waals surface area contributed by atoms with Crippen molar-refractivity contribution in [2.75, 3.05) is 0 Å². The molecule has 134 valence electrons. The molecule has 0 radical (unpaired) electrons. The molecule has 1 heterocycles. The van der Waals surface area contributed by atoms with Crippen LogP contribution in [-0.4, -0.2) is 16.7 Å². The Bertz CT molecular complexity index is 962. The van der Waals surface area contributed by atoms with Gasteiger partial charge in [-0.05, 0) is 48.7 Å². The summed E-state index contributed by atoms with van der Waals surface area (Å²) in [7, 11) is -0.349. The van der Waals surface area contributed by atoms with Crippen molar-refractivity contribution >= 4 is 29.3 Å². The number of aromatic nitrogens is 1.